The average molecular weight is 395 g/mol. The largest absolute Gasteiger partial charge is 0.373 e. The highest BCUT2D eigenvalue weighted by atomic mass is 35.5. The molecule has 2 aliphatic heterocycles. The van der Waals surface area contributed by atoms with E-state index in [1.165, 1.54) is 6.42 Å². The van der Waals surface area contributed by atoms with Crippen LogP contribution in [0.5, 0.6) is 0 Å². The first kappa shape index (κ1) is 20.4. The lowest BCUT2D eigenvalue weighted by Gasteiger charge is -2.36. The Morgan fingerprint density at radius 2 is 1.93 bits per heavy atom. The van der Waals surface area contributed by atoms with E-state index in [0.717, 1.165) is 57.9 Å². The molecule has 1 aromatic heterocycles. The van der Waals surface area contributed by atoms with E-state index in [2.05, 4.69) is 28.6 Å². The van der Waals surface area contributed by atoms with Gasteiger partial charge in [0.1, 0.15) is 5.82 Å². The second kappa shape index (κ2) is 9.22. The van der Waals surface area contributed by atoms with E-state index in [0.29, 0.717) is 10.6 Å². The van der Waals surface area contributed by atoms with Crippen LogP contribution in [0.1, 0.15) is 43.5 Å². The molecule has 3 heterocycles. The van der Waals surface area contributed by atoms with Crippen LogP contribution in [-0.4, -0.2) is 79.2 Å². The summed E-state index contributed by atoms with van der Waals surface area (Å²) in [6.07, 6.45) is 5.54. The fourth-order valence-corrected chi connectivity index (χ4v) is 4.28. The summed E-state index contributed by atoms with van der Waals surface area (Å²) in [4.78, 5) is 23.5. The number of likely N-dealkylation sites (tertiary alicyclic amines) is 1. The van der Waals surface area contributed by atoms with Gasteiger partial charge < -0.3 is 14.5 Å². The van der Waals surface area contributed by atoms with Gasteiger partial charge in [-0.2, -0.15) is 0 Å². The fourth-order valence-electron chi connectivity index (χ4n) is 3.97. The van der Waals surface area contributed by atoms with Gasteiger partial charge >= 0.3 is 0 Å². The number of rotatable bonds is 5. The van der Waals surface area contributed by atoms with Crippen molar-refractivity contribution < 1.29 is 9.53 Å². The lowest BCUT2D eigenvalue weighted by atomic mass is 10.1. The van der Waals surface area contributed by atoms with Gasteiger partial charge in [-0.1, -0.05) is 11.6 Å². The maximum absolute atomic E-state index is 12.6. The normalized spacial score (nSPS) is 24.1. The first-order valence-corrected chi connectivity index (χ1v) is 10.4. The lowest BCUT2D eigenvalue weighted by Crippen LogP contribution is -2.47. The molecule has 2 atom stereocenters. The summed E-state index contributed by atoms with van der Waals surface area (Å²) in [6.45, 7) is 9.53. The molecule has 2 aliphatic rings. The molecule has 2 saturated heterocycles. The van der Waals surface area contributed by atoms with Gasteiger partial charge in [-0.05, 0) is 39.2 Å². The molecule has 6 nitrogen and oxygen atoms in total. The molecular formula is C20H31ClN4O2. The Balaban J connectivity index is 1.58. The van der Waals surface area contributed by atoms with E-state index < -0.39 is 0 Å². The predicted molar refractivity (Wildman–Crippen MR) is 109 cm³/mol. The summed E-state index contributed by atoms with van der Waals surface area (Å²) in [6, 6.07) is 1.76. The van der Waals surface area contributed by atoms with Gasteiger partial charge in [-0.15, -0.1) is 0 Å². The quantitative estimate of drug-likeness (QED) is 0.768. The van der Waals surface area contributed by atoms with Gasteiger partial charge in [0.15, 0.2) is 0 Å². The van der Waals surface area contributed by atoms with Crippen LogP contribution in [0.3, 0.4) is 0 Å². The Labute approximate surface area is 167 Å². The first-order valence-electron chi connectivity index (χ1n) is 9.98. The molecule has 0 aromatic carbocycles. The number of hydrogen-bond donors (Lipinski definition) is 0. The number of aromatic nitrogens is 1. The topological polar surface area (TPSA) is 48.9 Å². The number of hydrogen-bond acceptors (Lipinski definition) is 5. The van der Waals surface area contributed by atoms with Gasteiger partial charge in [0.25, 0.3) is 5.91 Å². The van der Waals surface area contributed by atoms with E-state index in [1.807, 2.05) is 11.9 Å². The smallest absolute Gasteiger partial charge is 0.255 e. The van der Waals surface area contributed by atoms with Crippen molar-refractivity contribution in [2.75, 3.05) is 51.2 Å². The maximum Gasteiger partial charge on any atom is 0.255 e. The summed E-state index contributed by atoms with van der Waals surface area (Å²) >= 11 is 6.47. The third-order valence-corrected chi connectivity index (χ3v) is 5.60. The van der Waals surface area contributed by atoms with E-state index in [4.69, 9.17) is 16.3 Å². The number of amides is 1. The van der Waals surface area contributed by atoms with Gasteiger partial charge in [0.05, 0.1) is 22.8 Å². The van der Waals surface area contributed by atoms with Gasteiger partial charge in [0.2, 0.25) is 0 Å². The maximum atomic E-state index is 12.6. The van der Waals surface area contributed by atoms with Crippen molar-refractivity contribution in [2.45, 2.75) is 45.3 Å². The van der Waals surface area contributed by atoms with Crippen LogP contribution in [-0.2, 0) is 4.74 Å². The molecule has 2 fully saturated rings. The number of ether oxygens (including phenoxy) is 1. The molecule has 27 heavy (non-hydrogen) atoms. The second-order valence-corrected chi connectivity index (χ2v) is 8.23. The molecule has 0 bridgehead atoms. The Kier molecular flexibility index (Phi) is 6.95. The zero-order chi connectivity index (χ0) is 19.4. The molecule has 3 rings (SSSR count). The Bertz CT molecular complexity index is 641. The molecule has 0 saturated carbocycles. The van der Waals surface area contributed by atoms with Crippen LogP contribution < -0.4 is 4.90 Å². The van der Waals surface area contributed by atoms with Crippen LogP contribution in [0, 0.1) is 0 Å². The second-order valence-electron chi connectivity index (χ2n) is 7.82. The van der Waals surface area contributed by atoms with E-state index in [9.17, 15) is 4.79 Å². The van der Waals surface area contributed by atoms with Gasteiger partial charge in [-0.25, -0.2) is 4.98 Å². The Morgan fingerprint density at radius 3 is 2.56 bits per heavy atom. The number of carbonyl (C=O) groups excluding carboxylic acids is 1. The number of anilines is 1. The summed E-state index contributed by atoms with van der Waals surface area (Å²) in [5.41, 5.74) is 0.579. The summed E-state index contributed by atoms with van der Waals surface area (Å²) in [7, 11) is 1.99. The average Bonchev–Trinajstić information content (AvgIpc) is 2.65. The zero-order valence-corrected chi connectivity index (χ0v) is 17.4. The molecule has 1 amide bonds. The summed E-state index contributed by atoms with van der Waals surface area (Å²) in [5, 5.41) is 0.532. The third kappa shape index (κ3) is 5.33. The molecule has 0 radical (unpaired) electrons. The van der Waals surface area contributed by atoms with Crippen LogP contribution in [0.15, 0.2) is 12.3 Å². The number of nitrogens with zero attached hydrogens (tertiary/aromatic N) is 4. The van der Waals surface area contributed by atoms with Crippen molar-refractivity contribution in [1.29, 1.82) is 0 Å². The van der Waals surface area contributed by atoms with Crippen molar-refractivity contribution in [2.24, 2.45) is 0 Å². The minimum absolute atomic E-state index is 0.0367. The fraction of sp³-hybridized carbons (Fsp3) is 0.700. The van der Waals surface area contributed by atoms with Crippen molar-refractivity contribution in [3.8, 4) is 0 Å². The molecule has 0 spiro atoms. The van der Waals surface area contributed by atoms with Crippen LogP contribution in [0.25, 0.3) is 0 Å². The minimum atomic E-state index is 0.0367. The number of morpholine rings is 1. The number of pyridine rings is 1. The van der Waals surface area contributed by atoms with Gasteiger partial charge in [0, 0.05) is 52.5 Å². The minimum Gasteiger partial charge on any atom is -0.373 e. The molecule has 150 valence electrons. The lowest BCUT2D eigenvalue weighted by molar-refractivity contribution is -0.0670. The van der Waals surface area contributed by atoms with Crippen molar-refractivity contribution >= 4 is 23.3 Å². The third-order valence-electron chi connectivity index (χ3n) is 5.32. The molecular weight excluding hydrogens is 364 g/mol. The van der Waals surface area contributed by atoms with Crippen LogP contribution in [0.4, 0.5) is 5.82 Å². The highest BCUT2D eigenvalue weighted by Crippen LogP contribution is 2.24. The number of likely N-dealkylation sites (N-methyl/N-ethyl adjacent to an activating group) is 1. The molecule has 0 N–H and O–H groups in total. The summed E-state index contributed by atoms with van der Waals surface area (Å²) in [5.74, 6) is 0.760. The van der Waals surface area contributed by atoms with E-state index >= 15 is 0 Å². The predicted octanol–water partition coefficient (Wildman–Crippen LogP) is 2.91. The molecule has 1 aromatic rings. The number of halogens is 1. The standard InChI is InChI=1S/C20H31ClN4O2/c1-15-13-24(14-16(2)27-15)10-9-23(3)19-18(21)11-17(12-22-19)20(26)25-7-5-4-6-8-25/h11-12,15-16H,4-10,13-14H2,1-3H3/t15-,16+. The monoisotopic (exact) mass is 394 g/mol. The Morgan fingerprint density at radius 1 is 1.26 bits per heavy atom. The SMILES string of the molecule is C[C@@H]1CN(CCN(C)c2ncc(C(=O)N3CCCCC3)cc2Cl)C[C@H](C)O1. The van der Waals surface area contributed by atoms with Gasteiger partial charge in [-0.3, -0.25) is 9.69 Å². The molecule has 0 unspecified atom stereocenters. The highest BCUT2D eigenvalue weighted by molar-refractivity contribution is 6.33. The molecule has 0 aliphatic carbocycles. The number of piperidine rings is 1. The van der Waals surface area contributed by atoms with E-state index in [-0.39, 0.29) is 18.1 Å². The first-order chi connectivity index (χ1) is 12.9. The van der Waals surface area contributed by atoms with Crippen LogP contribution >= 0.6 is 11.6 Å². The Hall–Kier alpha value is -1.37. The zero-order valence-electron chi connectivity index (χ0n) is 16.7. The van der Waals surface area contributed by atoms with Crippen molar-refractivity contribution in [3.63, 3.8) is 0 Å². The van der Waals surface area contributed by atoms with E-state index in [1.54, 1.807) is 12.3 Å². The highest BCUT2D eigenvalue weighted by Gasteiger charge is 2.23. The summed E-state index contributed by atoms with van der Waals surface area (Å²) < 4.78 is 5.79. The van der Waals surface area contributed by atoms with Crippen molar-refractivity contribution in [3.05, 3.63) is 22.8 Å². The molecule has 7 heteroatoms. The van der Waals surface area contributed by atoms with Crippen molar-refractivity contribution in [1.82, 2.24) is 14.8 Å². The van der Waals surface area contributed by atoms with Crippen LogP contribution in [0.2, 0.25) is 5.02 Å². The number of carbonyl (C=O) groups is 1.